The maximum absolute atomic E-state index is 12.9. The first-order valence-electron chi connectivity index (χ1n) is 11.2. The molecule has 2 aliphatic rings. The number of benzene rings is 1. The number of nitrogens with one attached hydrogen (secondary N) is 1. The van der Waals surface area contributed by atoms with Gasteiger partial charge in [0.2, 0.25) is 0 Å². The molecule has 3 rings (SSSR count). The van der Waals surface area contributed by atoms with E-state index in [1.807, 2.05) is 0 Å². The van der Waals surface area contributed by atoms with E-state index in [4.69, 9.17) is 10.5 Å². The summed E-state index contributed by atoms with van der Waals surface area (Å²) >= 11 is 3.43. The highest BCUT2D eigenvalue weighted by molar-refractivity contribution is 9.10. The number of aliphatic hydroxyl groups is 4. The van der Waals surface area contributed by atoms with Gasteiger partial charge in [-0.3, -0.25) is 9.69 Å². The Kier molecular flexibility index (Phi) is 8.90. The molecule has 10 heteroatoms. The van der Waals surface area contributed by atoms with Crippen LogP contribution in [0.25, 0.3) is 0 Å². The minimum Gasteiger partial charge on any atom is -0.398 e. The predicted octanol–water partition coefficient (Wildman–Crippen LogP) is 0.716. The number of aliphatic hydroxyl groups excluding tert-OH is 4. The smallest absolute Gasteiger partial charge is 0.251 e. The van der Waals surface area contributed by atoms with Crippen LogP contribution in [-0.4, -0.2) is 81.1 Å². The van der Waals surface area contributed by atoms with Gasteiger partial charge in [-0.1, -0.05) is 26.2 Å². The molecule has 0 spiro atoms. The summed E-state index contributed by atoms with van der Waals surface area (Å²) in [7, 11) is 0. The largest absolute Gasteiger partial charge is 0.398 e. The van der Waals surface area contributed by atoms with Gasteiger partial charge in [0.1, 0.15) is 24.4 Å². The second-order valence-electron chi connectivity index (χ2n) is 8.61. The molecule has 1 amide bonds. The molecule has 1 aliphatic heterocycles. The second-order valence-corrected chi connectivity index (χ2v) is 9.47. The van der Waals surface area contributed by atoms with Crippen molar-refractivity contribution in [1.82, 2.24) is 10.2 Å². The molecular formula is C22H34BrN3O6. The summed E-state index contributed by atoms with van der Waals surface area (Å²) in [5.74, 6) is -0.547. The molecule has 9 nitrogen and oxygen atoms in total. The summed E-state index contributed by atoms with van der Waals surface area (Å²) in [6, 6.07) is 2.54. The van der Waals surface area contributed by atoms with Crippen LogP contribution in [0.15, 0.2) is 16.6 Å². The summed E-state index contributed by atoms with van der Waals surface area (Å²) in [4.78, 5) is 15.3. The third-order valence-electron chi connectivity index (χ3n) is 6.55. The van der Waals surface area contributed by atoms with Crippen molar-refractivity contribution in [2.24, 2.45) is 0 Å². The highest BCUT2D eigenvalue weighted by atomic mass is 79.9. The number of hydrogen-bond acceptors (Lipinski definition) is 8. The summed E-state index contributed by atoms with van der Waals surface area (Å²) in [5, 5.41) is 42.2. The Morgan fingerprint density at radius 3 is 2.53 bits per heavy atom. The van der Waals surface area contributed by atoms with Gasteiger partial charge in [-0.25, -0.2) is 0 Å². The van der Waals surface area contributed by atoms with E-state index in [1.54, 1.807) is 12.1 Å². The maximum Gasteiger partial charge on any atom is 0.251 e. The van der Waals surface area contributed by atoms with Crippen LogP contribution in [0.4, 0.5) is 5.69 Å². The summed E-state index contributed by atoms with van der Waals surface area (Å²) in [6.45, 7) is 3.04. The molecule has 0 radical (unpaired) electrons. The SMILES string of the molecule is CCN(Cc1cc(C(=O)N[C@H]2C(O)O[C@H](CO)[C@@H](O)[C@@H]2O)cc(Br)c1N)C1CCCCC1. The number of nitrogen functional groups attached to an aromatic ring is 1. The fourth-order valence-electron chi connectivity index (χ4n) is 4.59. The van der Waals surface area contributed by atoms with Gasteiger partial charge in [-0.05, 0) is 53.0 Å². The minimum absolute atomic E-state index is 0.305. The molecule has 2 fully saturated rings. The van der Waals surface area contributed by atoms with Crippen LogP contribution in [0.2, 0.25) is 0 Å². The maximum atomic E-state index is 12.9. The molecule has 7 N–H and O–H groups in total. The lowest BCUT2D eigenvalue weighted by molar-refractivity contribution is -0.252. The zero-order valence-electron chi connectivity index (χ0n) is 18.3. The number of amides is 1. The number of ether oxygens (including phenoxy) is 1. The van der Waals surface area contributed by atoms with E-state index in [0.29, 0.717) is 28.3 Å². The number of nitrogens with two attached hydrogens (primary N) is 1. The van der Waals surface area contributed by atoms with Crippen LogP contribution >= 0.6 is 15.9 Å². The summed E-state index contributed by atoms with van der Waals surface area (Å²) < 4.78 is 5.70. The topological polar surface area (TPSA) is 149 Å². The van der Waals surface area contributed by atoms with E-state index < -0.39 is 43.2 Å². The molecule has 1 aromatic rings. The van der Waals surface area contributed by atoms with Gasteiger partial charge in [0.25, 0.3) is 5.91 Å². The molecule has 1 unspecified atom stereocenters. The van der Waals surface area contributed by atoms with E-state index in [0.717, 1.165) is 24.9 Å². The molecule has 1 saturated carbocycles. The molecule has 180 valence electrons. The Labute approximate surface area is 196 Å². The fourth-order valence-corrected chi connectivity index (χ4v) is 5.09. The highest BCUT2D eigenvalue weighted by Crippen LogP contribution is 2.30. The third-order valence-corrected chi connectivity index (χ3v) is 7.20. The van der Waals surface area contributed by atoms with Crippen molar-refractivity contribution in [3.8, 4) is 0 Å². The first-order chi connectivity index (χ1) is 15.3. The first-order valence-corrected chi connectivity index (χ1v) is 12.0. The van der Waals surface area contributed by atoms with Gasteiger partial charge in [-0.15, -0.1) is 0 Å². The first kappa shape index (κ1) is 25.4. The normalized spacial score (nSPS) is 29.3. The van der Waals surface area contributed by atoms with Crippen molar-refractivity contribution < 1.29 is 30.0 Å². The van der Waals surface area contributed by atoms with Crippen molar-refractivity contribution in [2.75, 3.05) is 18.9 Å². The molecule has 0 bridgehead atoms. The van der Waals surface area contributed by atoms with Gasteiger partial charge < -0.3 is 36.2 Å². The molecule has 1 aromatic carbocycles. The van der Waals surface area contributed by atoms with E-state index in [1.165, 1.54) is 19.3 Å². The van der Waals surface area contributed by atoms with E-state index in [9.17, 15) is 25.2 Å². The Hall–Kier alpha value is -1.27. The van der Waals surface area contributed by atoms with Crippen LogP contribution < -0.4 is 11.1 Å². The summed E-state index contributed by atoms with van der Waals surface area (Å²) in [6.07, 6.45) is 0.369. The van der Waals surface area contributed by atoms with Crippen LogP contribution in [0.1, 0.15) is 54.9 Å². The van der Waals surface area contributed by atoms with Gasteiger partial charge in [0, 0.05) is 22.6 Å². The van der Waals surface area contributed by atoms with Crippen LogP contribution in [0, 0.1) is 0 Å². The highest BCUT2D eigenvalue weighted by Gasteiger charge is 2.44. The number of carbonyl (C=O) groups is 1. The third kappa shape index (κ3) is 5.61. The van der Waals surface area contributed by atoms with Gasteiger partial charge in [0.15, 0.2) is 6.29 Å². The standard InChI is InChI=1S/C22H34BrN3O6/c1-2-26(14-6-4-3-5-7-14)10-13-8-12(9-15(23)17(13)24)21(30)25-18-20(29)19(28)16(11-27)32-22(18)31/h8-9,14,16,18-20,22,27-29,31H,2-7,10-11,24H2,1H3,(H,25,30)/t16-,18-,19-,20-,22?/m1/s1. The number of carbonyl (C=O) groups excluding carboxylic acids is 1. The molecule has 1 saturated heterocycles. The lowest BCUT2D eigenvalue weighted by Crippen LogP contribution is -2.64. The number of nitrogens with zero attached hydrogens (tertiary/aromatic N) is 1. The van der Waals surface area contributed by atoms with Crippen molar-refractivity contribution in [1.29, 1.82) is 0 Å². The van der Waals surface area contributed by atoms with E-state index in [2.05, 4.69) is 33.1 Å². The van der Waals surface area contributed by atoms with Crippen molar-refractivity contribution in [3.63, 3.8) is 0 Å². The van der Waals surface area contributed by atoms with E-state index >= 15 is 0 Å². The number of hydrogen-bond donors (Lipinski definition) is 6. The average Bonchev–Trinajstić information content (AvgIpc) is 2.80. The second kappa shape index (κ2) is 11.2. The molecule has 0 aromatic heterocycles. The minimum atomic E-state index is -1.58. The van der Waals surface area contributed by atoms with Gasteiger partial charge in [-0.2, -0.15) is 0 Å². The van der Waals surface area contributed by atoms with Crippen LogP contribution in [0.5, 0.6) is 0 Å². The Balaban J connectivity index is 1.76. The Bertz CT molecular complexity index is 791. The Morgan fingerprint density at radius 2 is 1.91 bits per heavy atom. The van der Waals surface area contributed by atoms with Crippen molar-refractivity contribution >= 4 is 27.5 Å². The van der Waals surface area contributed by atoms with Crippen LogP contribution in [-0.2, 0) is 11.3 Å². The fraction of sp³-hybridized carbons (Fsp3) is 0.682. The molecule has 1 aliphatic carbocycles. The lowest BCUT2D eigenvalue weighted by atomic mass is 9.93. The average molecular weight is 516 g/mol. The number of rotatable bonds is 7. The lowest BCUT2D eigenvalue weighted by Gasteiger charge is -2.40. The monoisotopic (exact) mass is 515 g/mol. The van der Waals surface area contributed by atoms with E-state index in [-0.39, 0.29) is 0 Å². The summed E-state index contributed by atoms with van der Waals surface area (Å²) in [5.41, 5.74) is 7.99. The zero-order chi connectivity index (χ0) is 23.4. The number of anilines is 1. The molecule has 1 heterocycles. The van der Waals surface area contributed by atoms with Crippen molar-refractivity contribution in [2.45, 2.75) is 82.3 Å². The van der Waals surface area contributed by atoms with Crippen LogP contribution in [0.3, 0.4) is 0 Å². The molecule has 5 atom stereocenters. The number of halogens is 1. The molecular weight excluding hydrogens is 482 g/mol. The van der Waals surface area contributed by atoms with Crippen molar-refractivity contribution in [3.05, 3.63) is 27.7 Å². The molecule has 32 heavy (non-hydrogen) atoms. The zero-order valence-corrected chi connectivity index (χ0v) is 19.9. The predicted molar refractivity (Wildman–Crippen MR) is 123 cm³/mol. The Morgan fingerprint density at radius 1 is 1.22 bits per heavy atom. The van der Waals surface area contributed by atoms with Gasteiger partial charge >= 0.3 is 0 Å². The quantitative estimate of drug-likeness (QED) is 0.291. The van der Waals surface area contributed by atoms with Gasteiger partial charge in [0.05, 0.1) is 12.3 Å².